The van der Waals surface area contributed by atoms with Gasteiger partial charge in [0.1, 0.15) is 0 Å². The van der Waals surface area contributed by atoms with E-state index in [-0.39, 0.29) is 5.91 Å². The number of aryl methyl sites for hydroxylation is 2. The summed E-state index contributed by atoms with van der Waals surface area (Å²) >= 11 is 0. The highest BCUT2D eigenvalue weighted by Gasteiger charge is 2.22. The van der Waals surface area contributed by atoms with Gasteiger partial charge < -0.3 is 9.64 Å². The minimum absolute atomic E-state index is 0.0552. The lowest BCUT2D eigenvalue weighted by Crippen LogP contribution is -2.40. The zero-order valence-electron chi connectivity index (χ0n) is 15.2. The fraction of sp³-hybridized carbons (Fsp3) is 0.273. The molecule has 4 nitrogen and oxygen atoms in total. The largest absolute Gasteiger partial charge is 0.378 e. The molecule has 1 aliphatic rings. The van der Waals surface area contributed by atoms with E-state index in [4.69, 9.17) is 9.72 Å². The Hall–Kier alpha value is -2.72. The molecule has 1 aromatic heterocycles. The van der Waals surface area contributed by atoms with Gasteiger partial charge in [0.25, 0.3) is 5.91 Å². The molecule has 4 rings (SSSR count). The number of carbonyl (C=O) groups is 1. The SMILES string of the molecule is Cc1ccc(-c2cc(C(=O)N3CCOCC3)c3cccc(C)c3n2)cc1. The van der Waals surface area contributed by atoms with Gasteiger partial charge in [-0.1, -0.05) is 48.0 Å². The molecule has 0 spiro atoms. The summed E-state index contributed by atoms with van der Waals surface area (Å²) in [5, 5.41) is 0.914. The van der Waals surface area contributed by atoms with Crippen LogP contribution in [-0.2, 0) is 4.74 Å². The van der Waals surface area contributed by atoms with Crippen molar-refractivity contribution >= 4 is 16.8 Å². The van der Waals surface area contributed by atoms with Crippen LogP contribution in [0.1, 0.15) is 21.5 Å². The zero-order chi connectivity index (χ0) is 18.1. The highest BCUT2D eigenvalue weighted by Crippen LogP contribution is 2.28. The normalized spacial score (nSPS) is 14.6. The second-order valence-corrected chi connectivity index (χ2v) is 6.80. The smallest absolute Gasteiger partial charge is 0.254 e. The average molecular weight is 346 g/mol. The molecule has 0 unspecified atom stereocenters. The third-order valence-corrected chi connectivity index (χ3v) is 4.92. The van der Waals surface area contributed by atoms with E-state index in [1.165, 1.54) is 5.56 Å². The van der Waals surface area contributed by atoms with Crippen LogP contribution >= 0.6 is 0 Å². The predicted molar refractivity (Wildman–Crippen MR) is 103 cm³/mol. The number of hydrogen-bond donors (Lipinski definition) is 0. The molecule has 132 valence electrons. The number of rotatable bonds is 2. The average Bonchev–Trinajstić information content (AvgIpc) is 2.68. The summed E-state index contributed by atoms with van der Waals surface area (Å²) < 4.78 is 5.39. The van der Waals surface area contributed by atoms with Crippen molar-refractivity contribution in [3.8, 4) is 11.3 Å². The van der Waals surface area contributed by atoms with Crippen molar-refractivity contribution in [3.63, 3.8) is 0 Å². The van der Waals surface area contributed by atoms with Gasteiger partial charge in [-0.25, -0.2) is 4.98 Å². The van der Waals surface area contributed by atoms with Crippen molar-refractivity contribution in [3.05, 3.63) is 65.2 Å². The second-order valence-electron chi connectivity index (χ2n) is 6.80. The molecule has 2 heterocycles. The van der Waals surface area contributed by atoms with Gasteiger partial charge in [-0.2, -0.15) is 0 Å². The van der Waals surface area contributed by atoms with E-state index in [1.807, 2.05) is 36.1 Å². The standard InChI is InChI=1S/C22H22N2O2/c1-15-6-8-17(9-7-15)20-14-19(22(25)24-10-12-26-13-11-24)18-5-3-4-16(2)21(18)23-20/h3-9,14H,10-13H2,1-2H3. The molecule has 1 amide bonds. The monoisotopic (exact) mass is 346 g/mol. The van der Waals surface area contributed by atoms with Crippen LogP contribution in [0.2, 0.25) is 0 Å². The van der Waals surface area contributed by atoms with Crippen molar-refractivity contribution in [2.45, 2.75) is 13.8 Å². The number of amides is 1. The number of aromatic nitrogens is 1. The first-order valence-corrected chi connectivity index (χ1v) is 8.98. The van der Waals surface area contributed by atoms with Gasteiger partial charge in [0.15, 0.2) is 0 Å². The summed E-state index contributed by atoms with van der Waals surface area (Å²) in [6.45, 7) is 6.56. The van der Waals surface area contributed by atoms with Crippen LogP contribution in [-0.4, -0.2) is 42.1 Å². The van der Waals surface area contributed by atoms with Crippen LogP contribution in [0.15, 0.2) is 48.5 Å². The maximum absolute atomic E-state index is 13.2. The summed E-state index contributed by atoms with van der Waals surface area (Å²) in [5.41, 5.74) is 5.75. The molecule has 4 heteroatoms. The summed E-state index contributed by atoms with van der Waals surface area (Å²) in [4.78, 5) is 19.9. The molecule has 0 aliphatic carbocycles. The molecular formula is C22H22N2O2. The Morgan fingerprint density at radius 1 is 1.04 bits per heavy atom. The van der Waals surface area contributed by atoms with Gasteiger partial charge in [0.05, 0.1) is 30.0 Å². The minimum atomic E-state index is 0.0552. The number of para-hydroxylation sites is 1. The molecule has 0 atom stereocenters. The van der Waals surface area contributed by atoms with Crippen molar-refractivity contribution in [1.29, 1.82) is 0 Å². The van der Waals surface area contributed by atoms with Crippen molar-refractivity contribution < 1.29 is 9.53 Å². The van der Waals surface area contributed by atoms with E-state index in [2.05, 4.69) is 31.2 Å². The van der Waals surface area contributed by atoms with Gasteiger partial charge in [0, 0.05) is 24.0 Å². The third kappa shape index (κ3) is 3.08. The van der Waals surface area contributed by atoms with Gasteiger partial charge in [-0.3, -0.25) is 4.79 Å². The summed E-state index contributed by atoms with van der Waals surface area (Å²) in [5.74, 6) is 0.0552. The van der Waals surface area contributed by atoms with Gasteiger partial charge in [-0.05, 0) is 25.5 Å². The molecule has 0 saturated carbocycles. The molecule has 0 bridgehead atoms. The Balaban J connectivity index is 1.88. The topological polar surface area (TPSA) is 42.4 Å². The zero-order valence-corrected chi connectivity index (χ0v) is 15.2. The summed E-state index contributed by atoms with van der Waals surface area (Å²) in [7, 11) is 0. The number of nitrogens with zero attached hydrogens (tertiary/aromatic N) is 2. The number of pyridine rings is 1. The first kappa shape index (κ1) is 16.7. The Bertz CT molecular complexity index is 958. The molecule has 1 saturated heterocycles. The first-order valence-electron chi connectivity index (χ1n) is 8.98. The van der Waals surface area contributed by atoms with Crippen LogP contribution in [0.25, 0.3) is 22.2 Å². The second kappa shape index (κ2) is 6.89. The van der Waals surface area contributed by atoms with E-state index in [0.29, 0.717) is 26.3 Å². The summed E-state index contributed by atoms with van der Waals surface area (Å²) in [6, 6.07) is 16.2. The van der Waals surface area contributed by atoms with E-state index in [1.54, 1.807) is 0 Å². The van der Waals surface area contributed by atoms with Crippen LogP contribution in [0.5, 0.6) is 0 Å². The Morgan fingerprint density at radius 2 is 1.77 bits per heavy atom. The number of carbonyl (C=O) groups excluding carboxylic acids is 1. The van der Waals surface area contributed by atoms with E-state index in [9.17, 15) is 4.79 Å². The fourth-order valence-corrected chi connectivity index (χ4v) is 3.38. The number of fused-ring (bicyclic) bond motifs is 1. The van der Waals surface area contributed by atoms with Crippen LogP contribution < -0.4 is 0 Å². The molecule has 1 aliphatic heterocycles. The highest BCUT2D eigenvalue weighted by atomic mass is 16.5. The van der Waals surface area contributed by atoms with E-state index >= 15 is 0 Å². The van der Waals surface area contributed by atoms with Gasteiger partial charge in [0.2, 0.25) is 0 Å². The van der Waals surface area contributed by atoms with Crippen LogP contribution in [0.3, 0.4) is 0 Å². The van der Waals surface area contributed by atoms with Crippen LogP contribution in [0.4, 0.5) is 0 Å². The minimum Gasteiger partial charge on any atom is -0.378 e. The third-order valence-electron chi connectivity index (χ3n) is 4.92. The Labute approximate surface area is 153 Å². The molecule has 2 aromatic carbocycles. The number of hydrogen-bond acceptors (Lipinski definition) is 3. The quantitative estimate of drug-likeness (QED) is 0.704. The van der Waals surface area contributed by atoms with Crippen molar-refractivity contribution in [2.24, 2.45) is 0 Å². The number of benzene rings is 2. The maximum atomic E-state index is 13.2. The lowest BCUT2D eigenvalue weighted by atomic mass is 10.0. The summed E-state index contributed by atoms with van der Waals surface area (Å²) in [6.07, 6.45) is 0. The van der Waals surface area contributed by atoms with Crippen molar-refractivity contribution in [1.82, 2.24) is 9.88 Å². The number of morpholine rings is 1. The Morgan fingerprint density at radius 3 is 2.50 bits per heavy atom. The molecule has 0 N–H and O–H groups in total. The van der Waals surface area contributed by atoms with Gasteiger partial charge in [-0.15, -0.1) is 0 Å². The van der Waals surface area contributed by atoms with Crippen molar-refractivity contribution in [2.75, 3.05) is 26.3 Å². The molecule has 1 fully saturated rings. The lowest BCUT2D eigenvalue weighted by Gasteiger charge is -2.27. The Kier molecular flexibility index (Phi) is 4.43. The van der Waals surface area contributed by atoms with Gasteiger partial charge >= 0.3 is 0 Å². The predicted octanol–water partition coefficient (Wildman–Crippen LogP) is 3.99. The molecule has 26 heavy (non-hydrogen) atoms. The molecule has 0 radical (unpaired) electrons. The number of ether oxygens (including phenoxy) is 1. The fourth-order valence-electron chi connectivity index (χ4n) is 3.38. The highest BCUT2D eigenvalue weighted by molar-refractivity contribution is 6.07. The van der Waals surface area contributed by atoms with E-state index < -0.39 is 0 Å². The van der Waals surface area contributed by atoms with Crippen LogP contribution in [0, 0.1) is 13.8 Å². The molecule has 3 aromatic rings. The lowest BCUT2D eigenvalue weighted by molar-refractivity contribution is 0.0304. The maximum Gasteiger partial charge on any atom is 0.254 e. The van der Waals surface area contributed by atoms with E-state index in [0.717, 1.165) is 33.3 Å². The molecular weight excluding hydrogens is 324 g/mol. The first-order chi connectivity index (χ1) is 12.6.